The first-order valence-corrected chi connectivity index (χ1v) is 9.85. The minimum absolute atomic E-state index is 0.192. The molecule has 1 aromatic heterocycles. The molecule has 7 heteroatoms. The Bertz CT molecular complexity index is 927. The van der Waals surface area contributed by atoms with Gasteiger partial charge in [0.1, 0.15) is 29.5 Å². The van der Waals surface area contributed by atoms with Crippen molar-refractivity contribution in [3.8, 4) is 28.4 Å². The van der Waals surface area contributed by atoms with Gasteiger partial charge in [0, 0.05) is 0 Å². The number of nitrogens with zero attached hydrogens (tertiary/aromatic N) is 1. The SMILES string of the molecule is Oc1ccc(Oc2ccc(-c3ccc[n+]4c3NS(O)(O)CC4)cc2)cc1. The summed E-state index contributed by atoms with van der Waals surface area (Å²) < 4.78 is 30.6. The van der Waals surface area contributed by atoms with Gasteiger partial charge in [-0.25, -0.2) is 4.57 Å². The molecule has 2 aromatic carbocycles. The molecule has 0 fully saturated rings. The van der Waals surface area contributed by atoms with Crippen LogP contribution in [0.5, 0.6) is 17.2 Å². The van der Waals surface area contributed by atoms with Gasteiger partial charge in [-0.3, -0.25) is 9.11 Å². The number of fused-ring (bicyclic) bond motifs is 1. The van der Waals surface area contributed by atoms with Gasteiger partial charge in [0.25, 0.3) is 0 Å². The average Bonchev–Trinajstić information content (AvgIpc) is 2.63. The molecule has 1 aliphatic heterocycles. The van der Waals surface area contributed by atoms with Gasteiger partial charge in [0.2, 0.25) is 0 Å². The number of benzene rings is 2. The molecule has 1 aliphatic rings. The number of ether oxygens (including phenoxy) is 1. The van der Waals surface area contributed by atoms with E-state index in [-0.39, 0.29) is 5.75 Å². The van der Waals surface area contributed by atoms with Gasteiger partial charge < -0.3 is 9.84 Å². The summed E-state index contributed by atoms with van der Waals surface area (Å²) >= 11 is 0. The topological polar surface area (TPSA) is 85.8 Å². The van der Waals surface area contributed by atoms with Crippen LogP contribution < -0.4 is 14.0 Å². The number of pyridine rings is 1. The third-order valence-electron chi connectivity index (χ3n) is 4.19. The Morgan fingerprint density at radius 1 is 0.923 bits per heavy atom. The van der Waals surface area contributed by atoms with Crippen LogP contribution in [0.4, 0.5) is 5.82 Å². The maximum atomic E-state index is 10.00. The quantitative estimate of drug-likeness (QED) is 0.518. The van der Waals surface area contributed by atoms with Crippen molar-refractivity contribution in [1.82, 2.24) is 0 Å². The van der Waals surface area contributed by atoms with E-state index in [1.165, 1.54) is 0 Å². The van der Waals surface area contributed by atoms with Gasteiger partial charge in [0.05, 0.1) is 11.8 Å². The van der Waals surface area contributed by atoms with Crippen molar-refractivity contribution in [2.75, 3.05) is 10.5 Å². The van der Waals surface area contributed by atoms with Crippen molar-refractivity contribution in [2.24, 2.45) is 0 Å². The molecule has 134 valence electrons. The highest BCUT2D eigenvalue weighted by Crippen LogP contribution is 2.43. The van der Waals surface area contributed by atoms with Crippen LogP contribution in [0.1, 0.15) is 0 Å². The number of aromatic nitrogens is 1. The molecule has 0 bridgehead atoms. The molecule has 26 heavy (non-hydrogen) atoms. The predicted octanol–water partition coefficient (Wildman–Crippen LogP) is 4.23. The molecule has 4 N–H and O–H groups in total. The molecule has 0 aliphatic carbocycles. The predicted molar refractivity (Wildman–Crippen MR) is 102 cm³/mol. The minimum atomic E-state index is -2.79. The Morgan fingerprint density at radius 2 is 1.58 bits per heavy atom. The molecule has 0 saturated heterocycles. The molecule has 0 atom stereocenters. The smallest absolute Gasteiger partial charge is 0.304 e. The highest BCUT2D eigenvalue weighted by molar-refractivity contribution is 8.25. The largest absolute Gasteiger partial charge is 0.508 e. The van der Waals surface area contributed by atoms with E-state index in [0.29, 0.717) is 29.6 Å². The first-order chi connectivity index (χ1) is 12.5. The molecule has 3 aromatic rings. The summed E-state index contributed by atoms with van der Waals surface area (Å²) in [5.41, 5.74) is 1.83. The Hall–Kier alpha value is -2.74. The van der Waals surface area contributed by atoms with Crippen molar-refractivity contribution in [1.29, 1.82) is 0 Å². The fraction of sp³-hybridized carbons (Fsp3) is 0.105. The van der Waals surface area contributed by atoms with Gasteiger partial charge in [-0.1, -0.05) is 22.9 Å². The van der Waals surface area contributed by atoms with E-state index in [4.69, 9.17) is 4.74 Å². The second kappa shape index (κ2) is 6.53. The Labute approximate surface area is 152 Å². The van der Waals surface area contributed by atoms with Crippen LogP contribution in [0.25, 0.3) is 11.1 Å². The monoisotopic (exact) mass is 371 g/mol. The van der Waals surface area contributed by atoms with Gasteiger partial charge >= 0.3 is 5.82 Å². The lowest BCUT2D eigenvalue weighted by Crippen LogP contribution is -2.45. The lowest BCUT2D eigenvalue weighted by Gasteiger charge is -2.32. The van der Waals surface area contributed by atoms with Crippen molar-refractivity contribution >= 4 is 16.6 Å². The zero-order chi connectivity index (χ0) is 18.1. The zero-order valence-corrected chi connectivity index (χ0v) is 14.7. The summed E-state index contributed by atoms with van der Waals surface area (Å²) in [4.78, 5) is 0. The minimum Gasteiger partial charge on any atom is -0.508 e. The van der Waals surface area contributed by atoms with Crippen molar-refractivity contribution in [3.63, 3.8) is 0 Å². The number of aryl methyl sites for hydroxylation is 1. The number of phenols is 1. The van der Waals surface area contributed by atoms with Crippen molar-refractivity contribution in [3.05, 3.63) is 66.9 Å². The lowest BCUT2D eigenvalue weighted by atomic mass is 10.1. The summed E-state index contributed by atoms with van der Waals surface area (Å²) in [6.07, 6.45) is 1.92. The van der Waals surface area contributed by atoms with Crippen LogP contribution in [-0.4, -0.2) is 20.0 Å². The van der Waals surface area contributed by atoms with Gasteiger partial charge in [-0.2, -0.15) is 4.72 Å². The highest BCUT2D eigenvalue weighted by Gasteiger charge is 2.30. The Morgan fingerprint density at radius 3 is 2.27 bits per heavy atom. The van der Waals surface area contributed by atoms with Gasteiger partial charge in [-0.15, -0.1) is 0 Å². The average molecular weight is 371 g/mol. The molecule has 2 heterocycles. The van der Waals surface area contributed by atoms with Gasteiger partial charge in [-0.05, 0) is 54.1 Å². The molecule has 0 saturated carbocycles. The van der Waals surface area contributed by atoms with E-state index in [1.54, 1.807) is 24.3 Å². The number of hydrogen-bond donors (Lipinski definition) is 4. The molecular weight excluding hydrogens is 352 g/mol. The van der Waals surface area contributed by atoms with E-state index in [9.17, 15) is 14.2 Å². The summed E-state index contributed by atoms with van der Waals surface area (Å²) in [7, 11) is -2.79. The lowest BCUT2D eigenvalue weighted by molar-refractivity contribution is -0.679. The van der Waals surface area contributed by atoms with Crippen molar-refractivity contribution < 1.29 is 23.5 Å². The maximum absolute atomic E-state index is 10.00. The maximum Gasteiger partial charge on any atom is 0.304 e. The number of aromatic hydroxyl groups is 1. The van der Waals surface area contributed by atoms with Crippen LogP contribution >= 0.6 is 10.8 Å². The highest BCUT2D eigenvalue weighted by atomic mass is 32.3. The fourth-order valence-corrected chi connectivity index (χ4v) is 3.96. The number of anilines is 1. The van der Waals surface area contributed by atoms with Crippen LogP contribution in [-0.2, 0) is 6.54 Å². The standard InChI is InChI=1S/C19H18N2O4S/c22-15-5-9-17(10-6-15)25-16-7-3-14(4-8-16)18-2-1-11-21-12-13-26(23,24)20-19(18)21/h1-11,22-24H,12-13H2/p+1. The van der Waals surface area contributed by atoms with E-state index in [0.717, 1.165) is 11.1 Å². The summed E-state index contributed by atoms with van der Waals surface area (Å²) in [5.74, 6) is 2.50. The van der Waals surface area contributed by atoms with E-state index >= 15 is 0 Å². The number of nitrogens with one attached hydrogen (secondary N) is 1. The van der Waals surface area contributed by atoms with Crippen LogP contribution in [0.3, 0.4) is 0 Å². The zero-order valence-electron chi connectivity index (χ0n) is 13.9. The molecule has 6 nitrogen and oxygen atoms in total. The van der Waals surface area contributed by atoms with E-state index < -0.39 is 10.8 Å². The second-order valence-electron chi connectivity index (χ2n) is 6.06. The van der Waals surface area contributed by atoms with Gasteiger partial charge in [0.15, 0.2) is 0 Å². The first kappa shape index (κ1) is 16.7. The Kier molecular flexibility index (Phi) is 4.20. The molecule has 0 unspecified atom stereocenters. The van der Waals surface area contributed by atoms with Crippen molar-refractivity contribution in [2.45, 2.75) is 6.54 Å². The molecule has 0 radical (unpaired) electrons. The third kappa shape index (κ3) is 3.45. The van der Waals surface area contributed by atoms with Crippen LogP contribution in [0, 0.1) is 0 Å². The Balaban J connectivity index is 1.61. The normalized spacial score (nSPS) is 16.2. The fourth-order valence-electron chi connectivity index (χ4n) is 2.87. The molecule has 0 amide bonds. The first-order valence-electron chi connectivity index (χ1n) is 8.14. The van der Waals surface area contributed by atoms with Crippen LogP contribution in [0.15, 0.2) is 66.9 Å². The number of rotatable bonds is 3. The van der Waals surface area contributed by atoms with E-state index in [1.807, 2.05) is 47.2 Å². The summed E-state index contributed by atoms with van der Waals surface area (Å²) in [6, 6.07) is 18.0. The third-order valence-corrected chi connectivity index (χ3v) is 5.46. The van der Waals surface area contributed by atoms with Crippen LogP contribution in [0.2, 0.25) is 0 Å². The summed E-state index contributed by atoms with van der Waals surface area (Å²) in [6.45, 7) is 0.556. The molecule has 4 rings (SSSR count). The summed E-state index contributed by atoms with van der Waals surface area (Å²) in [5, 5.41) is 9.32. The molecular formula is C19H19N2O4S+. The van der Waals surface area contributed by atoms with E-state index in [2.05, 4.69) is 4.72 Å². The second-order valence-corrected chi connectivity index (χ2v) is 8.00. The molecule has 0 spiro atoms. The number of hydrogen-bond acceptors (Lipinski definition) is 5. The number of phenolic OH excluding ortho intramolecular Hbond substituents is 1.